The number of aryl methyl sites for hydroxylation is 1. The van der Waals surface area contributed by atoms with Gasteiger partial charge in [-0.05, 0) is 30.2 Å². The summed E-state index contributed by atoms with van der Waals surface area (Å²) in [4.78, 5) is 26.2. The maximum atomic E-state index is 12.7. The number of amides is 1. The molecule has 2 aliphatic rings. The molecule has 0 aromatic carbocycles. The van der Waals surface area contributed by atoms with Crippen LogP contribution in [0, 0.1) is 6.92 Å². The van der Waals surface area contributed by atoms with E-state index in [1.165, 1.54) is 24.6 Å². The van der Waals surface area contributed by atoms with Crippen LogP contribution < -0.4 is 4.90 Å². The fourth-order valence-electron chi connectivity index (χ4n) is 4.06. The third-order valence-corrected chi connectivity index (χ3v) is 6.71. The first-order chi connectivity index (χ1) is 14.5. The highest BCUT2D eigenvalue weighted by Crippen LogP contribution is 2.31. The number of nitrogens with zero attached hydrogens (tertiary/aromatic N) is 8. The van der Waals surface area contributed by atoms with E-state index in [2.05, 4.69) is 39.3 Å². The average molecular weight is 431 g/mol. The van der Waals surface area contributed by atoms with E-state index in [-0.39, 0.29) is 5.91 Å². The number of aromatic nitrogens is 6. The van der Waals surface area contributed by atoms with Gasteiger partial charge in [0.05, 0.1) is 11.8 Å². The molecule has 0 spiro atoms. The molecule has 0 radical (unpaired) electrons. The van der Waals surface area contributed by atoms with Gasteiger partial charge >= 0.3 is 0 Å². The summed E-state index contributed by atoms with van der Waals surface area (Å²) in [5.41, 5.74) is 0.985. The second kappa shape index (κ2) is 9.28. The topological polar surface area (TPSA) is 92.9 Å². The van der Waals surface area contributed by atoms with Gasteiger partial charge < -0.3 is 9.80 Å². The molecule has 0 bridgehead atoms. The second-order valence-corrected chi connectivity index (χ2v) is 9.32. The quantitative estimate of drug-likeness (QED) is 0.645. The van der Waals surface area contributed by atoms with Gasteiger partial charge in [0.15, 0.2) is 0 Å². The van der Waals surface area contributed by atoms with Crippen LogP contribution in [0.2, 0.25) is 0 Å². The van der Waals surface area contributed by atoms with Gasteiger partial charge in [-0.15, -0.1) is 5.10 Å². The molecule has 0 N–H and O–H groups in total. The van der Waals surface area contributed by atoms with E-state index in [0.29, 0.717) is 30.8 Å². The van der Waals surface area contributed by atoms with E-state index in [4.69, 9.17) is 4.98 Å². The maximum absolute atomic E-state index is 12.7. The Balaban J connectivity index is 1.30. The molecule has 2 aromatic rings. The van der Waals surface area contributed by atoms with Crippen molar-refractivity contribution < 1.29 is 4.79 Å². The Morgan fingerprint density at radius 1 is 1.17 bits per heavy atom. The maximum Gasteiger partial charge on any atom is 0.233 e. The molecular formula is C20H30N8OS. The number of thioether (sulfide) groups is 1. The summed E-state index contributed by atoms with van der Waals surface area (Å²) in [6, 6.07) is 2.41. The van der Waals surface area contributed by atoms with Gasteiger partial charge in [-0.1, -0.05) is 38.5 Å². The smallest absolute Gasteiger partial charge is 0.233 e. The first-order valence-corrected chi connectivity index (χ1v) is 11.8. The third kappa shape index (κ3) is 4.74. The van der Waals surface area contributed by atoms with E-state index >= 15 is 0 Å². The summed E-state index contributed by atoms with van der Waals surface area (Å²) in [5, 5.41) is 12.9. The Hall–Kier alpha value is -2.23. The van der Waals surface area contributed by atoms with Gasteiger partial charge in [0.1, 0.15) is 11.6 Å². The number of piperazine rings is 1. The summed E-state index contributed by atoms with van der Waals surface area (Å²) in [5.74, 6) is 2.65. The average Bonchev–Trinajstić information content (AvgIpc) is 3.43. The lowest BCUT2D eigenvalue weighted by Crippen LogP contribution is -2.49. The van der Waals surface area contributed by atoms with Gasteiger partial charge in [-0.25, -0.2) is 14.6 Å². The normalized spacial score (nSPS) is 17.9. The van der Waals surface area contributed by atoms with Crippen LogP contribution in [0.4, 0.5) is 5.82 Å². The van der Waals surface area contributed by atoms with Crippen LogP contribution in [-0.2, 0) is 4.79 Å². The molecule has 1 amide bonds. The zero-order valence-corrected chi connectivity index (χ0v) is 18.8. The van der Waals surface area contributed by atoms with Gasteiger partial charge in [0.2, 0.25) is 11.1 Å². The molecule has 1 saturated heterocycles. The number of carbonyl (C=O) groups is 1. The second-order valence-electron chi connectivity index (χ2n) is 8.38. The van der Waals surface area contributed by atoms with Crippen molar-refractivity contribution in [3.8, 4) is 0 Å². The van der Waals surface area contributed by atoms with Crippen molar-refractivity contribution >= 4 is 23.5 Å². The Labute approximate surface area is 181 Å². The lowest BCUT2D eigenvalue weighted by atomic mass is 10.2. The summed E-state index contributed by atoms with van der Waals surface area (Å²) < 4.78 is 1.91. The molecule has 1 aliphatic heterocycles. The van der Waals surface area contributed by atoms with Gasteiger partial charge in [0, 0.05) is 43.9 Å². The Morgan fingerprint density at radius 3 is 2.60 bits per heavy atom. The van der Waals surface area contributed by atoms with Crippen LogP contribution in [0.25, 0.3) is 0 Å². The summed E-state index contributed by atoms with van der Waals surface area (Å²) in [7, 11) is 0. The van der Waals surface area contributed by atoms with Crippen molar-refractivity contribution in [2.24, 2.45) is 0 Å². The Morgan fingerprint density at radius 2 is 1.90 bits per heavy atom. The predicted molar refractivity (Wildman–Crippen MR) is 116 cm³/mol. The van der Waals surface area contributed by atoms with Crippen LogP contribution in [0.1, 0.15) is 63.0 Å². The fourth-order valence-corrected chi connectivity index (χ4v) is 4.90. The Bertz CT molecular complexity index is 871. The van der Waals surface area contributed by atoms with Gasteiger partial charge in [-0.2, -0.15) is 0 Å². The van der Waals surface area contributed by atoms with E-state index < -0.39 is 0 Å². The highest BCUT2D eigenvalue weighted by Gasteiger charge is 2.25. The monoisotopic (exact) mass is 430 g/mol. The molecule has 30 heavy (non-hydrogen) atoms. The number of tetrazole rings is 1. The lowest BCUT2D eigenvalue weighted by molar-refractivity contribution is -0.128. The minimum Gasteiger partial charge on any atom is -0.353 e. The molecule has 3 heterocycles. The number of rotatable bonds is 6. The third-order valence-electron chi connectivity index (χ3n) is 5.79. The van der Waals surface area contributed by atoms with Gasteiger partial charge in [-0.3, -0.25) is 4.79 Å². The number of carbonyl (C=O) groups excluding carboxylic acids is 1. The predicted octanol–water partition coefficient (Wildman–Crippen LogP) is 2.45. The summed E-state index contributed by atoms with van der Waals surface area (Å²) in [6.45, 7) is 9.19. The van der Waals surface area contributed by atoms with Crippen molar-refractivity contribution in [2.45, 2.75) is 63.6 Å². The molecule has 4 rings (SSSR count). The summed E-state index contributed by atoms with van der Waals surface area (Å²) >= 11 is 1.45. The van der Waals surface area contributed by atoms with E-state index in [1.54, 1.807) is 0 Å². The van der Waals surface area contributed by atoms with Crippen LogP contribution in [0.3, 0.4) is 0 Å². The lowest BCUT2D eigenvalue weighted by Gasteiger charge is -2.35. The van der Waals surface area contributed by atoms with Gasteiger partial charge in [0.25, 0.3) is 0 Å². The molecule has 9 nitrogen and oxygen atoms in total. The van der Waals surface area contributed by atoms with Crippen LogP contribution >= 0.6 is 11.8 Å². The molecular weight excluding hydrogens is 400 g/mol. The van der Waals surface area contributed by atoms with Crippen LogP contribution in [0.15, 0.2) is 11.2 Å². The van der Waals surface area contributed by atoms with Crippen molar-refractivity contribution in [3.05, 3.63) is 17.6 Å². The van der Waals surface area contributed by atoms with Crippen molar-refractivity contribution in [2.75, 3.05) is 36.8 Å². The molecule has 2 aromatic heterocycles. The van der Waals surface area contributed by atoms with Crippen molar-refractivity contribution in [3.63, 3.8) is 0 Å². The first-order valence-electron chi connectivity index (χ1n) is 10.8. The Kier molecular flexibility index (Phi) is 6.50. The fraction of sp³-hybridized carbons (Fsp3) is 0.700. The highest BCUT2D eigenvalue weighted by atomic mass is 32.2. The zero-order valence-electron chi connectivity index (χ0n) is 18.0. The van der Waals surface area contributed by atoms with Crippen molar-refractivity contribution in [1.82, 2.24) is 35.1 Å². The first kappa shape index (κ1) is 21.0. The highest BCUT2D eigenvalue weighted by molar-refractivity contribution is 7.99. The molecule has 1 saturated carbocycles. The number of anilines is 1. The number of hydrogen-bond donors (Lipinski definition) is 0. The minimum absolute atomic E-state index is 0.141. The SMILES string of the molecule is Cc1cc(N2CCN(C(=O)CSc3nnnn3C3CCCC3)CC2)nc(C(C)C)n1. The van der Waals surface area contributed by atoms with E-state index in [9.17, 15) is 4.79 Å². The van der Waals surface area contributed by atoms with E-state index in [1.807, 2.05) is 22.6 Å². The zero-order chi connectivity index (χ0) is 21.1. The molecule has 162 valence electrons. The molecule has 2 fully saturated rings. The van der Waals surface area contributed by atoms with Crippen LogP contribution in [0.5, 0.6) is 0 Å². The van der Waals surface area contributed by atoms with E-state index in [0.717, 1.165) is 48.4 Å². The molecule has 1 aliphatic carbocycles. The number of hydrogen-bond acceptors (Lipinski definition) is 8. The molecule has 0 unspecified atom stereocenters. The molecule has 0 atom stereocenters. The van der Waals surface area contributed by atoms with Crippen molar-refractivity contribution in [1.29, 1.82) is 0 Å². The van der Waals surface area contributed by atoms with Crippen LogP contribution in [-0.4, -0.2) is 72.9 Å². The minimum atomic E-state index is 0.141. The molecule has 10 heteroatoms. The largest absolute Gasteiger partial charge is 0.353 e. The standard InChI is InChI=1S/C20H30N8OS/c1-14(2)19-21-15(3)12-17(22-19)26-8-10-27(11-9-26)18(29)13-30-20-23-24-25-28(20)16-6-4-5-7-16/h12,14,16H,4-11,13H2,1-3H3. The summed E-state index contributed by atoms with van der Waals surface area (Å²) in [6.07, 6.45) is 4.69.